The van der Waals surface area contributed by atoms with E-state index in [9.17, 15) is 4.79 Å². The van der Waals surface area contributed by atoms with Crippen LogP contribution in [-0.2, 0) is 11.3 Å². The molecule has 1 aliphatic rings. The summed E-state index contributed by atoms with van der Waals surface area (Å²) in [4.78, 5) is 12.4. The van der Waals surface area contributed by atoms with Crippen LogP contribution in [0, 0.1) is 6.92 Å². The van der Waals surface area contributed by atoms with E-state index < -0.39 is 0 Å². The van der Waals surface area contributed by atoms with Crippen molar-refractivity contribution >= 4 is 16.8 Å². The predicted molar refractivity (Wildman–Crippen MR) is 104 cm³/mol. The van der Waals surface area contributed by atoms with Gasteiger partial charge in [-0.3, -0.25) is 4.79 Å². The van der Waals surface area contributed by atoms with E-state index in [-0.39, 0.29) is 12.5 Å². The number of hydrogen-bond donors (Lipinski definition) is 1. The molecular formula is C21H24N4O2. The molecule has 0 radical (unpaired) electrons. The Morgan fingerprint density at radius 3 is 2.93 bits per heavy atom. The summed E-state index contributed by atoms with van der Waals surface area (Å²) >= 11 is 0. The van der Waals surface area contributed by atoms with Gasteiger partial charge in [-0.05, 0) is 38.2 Å². The van der Waals surface area contributed by atoms with E-state index in [1.54, 1.807) is 6.92 Å². The number of carbonyl (C=O) groups excluding carboxylic acids is 1. The molecule has 140 valence electrons. The molecular weight excluding hydrogens is 340 g/mol. The molecule has 0 spiro atoms. The molecule has 1 amide bonds. The van der Waals surface area contributed by atoms with Crippen LogP contribution in [0.4, 0.5) is 0 Å². The highest BCUT2D eigenvalue weighted by Gasteiger charge is 2.16. The molecule has 1 aliphatic carbocycles. The Balaban J connectivity index is 1.47. The molecule has 2 heterocycles. The maximum Gasteiger partial charge on any atom is 0.249 e. The standard InChI is InChI=1S/C21H24N4O2/c1-15-23-24-21(27-15)18-13-25(19-10-6-5-9-17(18)19)14-20(26)22-12-11-16-7-3-2-4-8-16/h5-7,9-10,13H,2-4,8,11-12,14H2,1H3,(H,22,26). The van der Waals surface area contributed by atoms with Gasteiger partial charge in [0, 0.05) is 30.6 Å². The number of rotatable bonds is 6. The van der Waals surface area contributed by atoms with Gasteiger partial charge in [0.25, 0.3) is 0 Å². The molecule has 6 nitrogen and oxygen atoms in total. The molecule has 1 aromatic carbocycles. The molecule has 1 N–H and O–H groups in total. The Kier molecular flexibility index (Phi) is 5.05. The highest BCUT2D eigenvalue weighted by Crippen LogP contribution is 2.29. The number of nitrogens with one attached hydrogen (secondary N) is 1. The average Bonchev–Trinajstić information content (AvgIpc) is 3.27. The first-order chi connectivity index (χ1) is 13.2. The zero-order valence-electron chi connectivity index (χ0n) is 15.6. The second kappa shape index (κ2) is 7.78. The quantitative estimate of drug-likeness (QED) is 0.671. The summed E-state index contributed by atoms with van der Waals surface area (Å²) in [5, 5.41) is 12.1. The Labute approximate surface area is 158 Å². The summed E-state index contributed by atoms with van der Waals surface area (Å²) in [6.45, 7) is 2.73. The summed E-state index contributed by atoms with van der Waals surface area (Å²) in [5.41, 5.74) is 3.31. The van der Waals surface area contributed by atoms with Gasteiger partial charge in [-0.25, -0.2) is 0 Å². The van der Waals surface area contributed by atoms with Crippen molar-refractivity contribution in [2.75, 3.05) is 6.54 Å². The molecule has 0 aliphatic heterocycles. The molecule has 6 heteroatoms. The summed E-state index contributed by atoms with van der Waals surface area (Å²) < 4.78 is 7.53. The summed E-state index contributed by atoms with van der Waals surface area (Å²) in [6.07, 6.45) is 10.1. The van der Waals surface area contributed by atoms with Gasteiger partial charge in [0.2, 0.25) is 17.7 Å². The van der Waals surface area contributed by atoms with E-state index in [0.717, 1.165) is 22.9 Å². The van der Waals surface area contributed by atoms with Gasteiger partial charge in [-0.1, -0.05) is 29.8 Å². The first kappa shape index (κ1) is 17.5. The first-order valence-corrected chi connectivity index (χ1v) is 9.53. The maximum absolute atomic E-state index is 12.4. The molecule has 0 saturated heterocycles. The molecule has 3 aromatic rings. The second-order valence-corrected chi connectivity index (χ2v) is 7.02. The second-order valence-electron chi connectivity index (χ2n) is 7.02. The number of fused-ring (bicyclic) bond motifs is 1. The fraction of sp³-hybridized carbons (Fsp3) is 0.381. The molecule has 0 atom stereocenters. The minimum atomic E-state index is 0.0143. The SMILES string of the molecule is Cc1nnc(-c2cn(CC(=O)NCCC3=CCCCC3)c3ccccc23)o1. The zero-order valence-corrected chi connectivity index (χ0v) is 15.6. The average molecular weight is 364 g/mol. The van der Waals surface area contributed by atoms with Gasteiger partial charge < -0.3 is 14.3 Å². The number of nitrogens with zero attached hydrogens (tertiary/aromatic N) is 3. The number of allylic oxidation sites excluding steroid dienone is 1. The summed E-state index contributed by atoms with van der Waals surface area (Å²) in [7, 11) is 0. The van der Waals surface area contributed by atoms with E-state index in [0.29, 0.717) is 18.3 Å². The molecule has 0 fully saturated rings. The van der Waals surface area contributed by atoms with Crippen LogP contribution >= 0.6 is 0 Å². The minimum Gasteiger partial charge on any atom is -0.421 e. The van der Waals surface area contributed by atoms with Gasteiger partial charge in [0.1, 0.15) is 6.54 Å². The van der Waals surface area contributed by atoms with Crippen molar-refractivity contribution in [1.29, 1.82) is 0 Å². The third-order valence-electron chi connectivity index (χ3n) is 5.01. The normalized spacial score (nSPS) is 14.3. The van der Waals surface area contributed by atoms with Crippen molar-refractivity contribution in [2.45, 2.75) is 45.6 Å². The fourth-order valence-corrected chi connectivity index (χ4v) is 3.66. The third-order valence-corrected chi connectivity index (χ3v) is 5.01. The van der Waals surface area contributed by atoms with Crippen LogP contribution < -0.4 is 5.32 Å². The highest BCUT2D eigenvalue weighted by atomic mass is 16.4. The lowest BCUT2D eigenvalue weighted by molar-refractivity contribution is -0.121. The van der Waals surface area contributed by atoms with E-state index in [1.807, 2.05) is 35.0 Å². The third kappa shape index (κ3) is 3.94. The van der Waals surface area contributed by atoms with Crippen molar-refractivity contribution in [2.24, 2.45) is 0 Å². The number of para-hydroxylation sites is 1. The van der Waals surface area contributed by atoms with Crippen molar-refractivity contribution in [3.63, 3.8) is 0 Å². The highest BCUT2D eigenvalue weighted by molar-refractivity contribution is 5.94. The maximum atomic E-state index is 12.4. The van der Waals surface area contributed by atoms with Crippen LogP contribution in [0.15, 0.2) is 46.5 Å². The Hall–Kier alpha value is -2.89. The number of amides is 1. The van der Waals surface area contributed by atoms with Crippen LogP contribution in [-0.4, -0.2) is 27.2 Å². The van der Waals surface area contributed by atoms with Gasteiger partial charge in [0.05, 0.1) is 5.56 Å². The molecule has 0 bridgehead atoms. The number of aromatic nitrogens is 3. The van der Waals surface area contributed by atoms with Crippen molar-refractivity contribution in [3.05, 3.63) is 48.0 Å². The van der Waals surface area contributed by atoms with Gasteiger partial charge >= 0.3 is 0 Å². The Bertz CT molecular complexity index is 983. The molecule has 27 heavy (non-hydrogen) atoms. The van der Waals surface area contributed by atoms with Crippen LogP contribution in [0.2, 0.25) is 0 Å². The molecule has 0 unspecified atom stereocenters. The van der Waals surface area contributed by atoms with E-state index in [4.69, 9.17) is 4.42 Å². The van der Waals surface area contributed by atoms with Crippen molar-refractivity contribution in [1.82, 2.24) is 20.1 Å². The lowest BCUT2D eigenvalue weighted by atomic mass is 9.97. The number of benzene rings is 1. The Morgan fingerprint density at radius 2 is 2.15 bits per heavy atom. The monoisotopic (exact) mass is 364 g/mol. The lowest BCUT2D eigenvalue weighted by Gasteiger charge is -2.13. The van der Waals surface area contributed by atoms with E-state index in [2.05, 4.69) is 21.6 Å². The van der Waals surface area contributed by atoms with Gasteiger partial charge in [0.15, 0.2) is 0 Å². The first-order valence-electron chi connectivity index (χ1n) is 9.53. The van der Waals surface area contributed by atoms with E-state index >= 15 is 0 Å². The smallest absolute Gasteiger partial charge is 0.249 e. The predicted octanol–water partition coefficient (Wildman–Crippen LogP) is 4.01. The summed E-state index contributed by atoms with van der Waals surface area (Å²) in [6, 6.07) is 7.95. The topological polar surface area (TPSA) is 73.0 Å². The largest absolute Gasteiger partial charge is 0.421 e. The van der Waals surface area contributed by atoms with Crippen LogP contribution in [0.1, 0.15) is 38.0 Å². The zero-order chi connectivity index (χ0) is 18.6. The van der Waals surface area contributed by atoms with Crippen LogP contribution in [0.25, 0.3) is 22.4 Å². The Morgan fingerprint density at radius 1 is 1.26 bits per heavy atom. The number of hydrogen-bond acceptors (Lipinski definition) is 4. The van der Waals surface area contributed by atoms with Gasteiger partial charge in [-0.2, -0.15) is 0 Å². The van der Waals surface area contributed by atoms with Gasteiger partial charge in [-0.15, -0.1) is 10.2 Å². The fourth-order valence-electron chi connectivity index (χ4n) is 3.66. The minimum absolute atomic E-state index is 0.0143. The summed E-state index contributed by atoms with van der Waals surface area (Å²) in [5.74, 6) is 1.02. The van der Waals surface area contributed by atoms with Crippen LogP contribution in [0.3, 0.4) is 0 Å². The van der Waals surface area contributed by atoms with Crippen LogP contribution in [0.5, 0.6) is 0 Å². The number of aryl methyl sites for hydroxylation is 1. The molecule has 0 saturated carbocycles. The molecule has 4 rings (SSSR count). The van der Waals surface area contributed by atoms with E-state index in [1.165, 1.54) is 31.3 Å². The number of carbonyl (C=O) groups is 1. The lowest BCUT2D eigenvalue weighted by Crippen LogP contribution is -2.28. The van der Waals surface area contributed by atoms with Crippen molar-refractivity contribution < 1.29 is 9.21 Å². The van der Waals surface area contributed by atoms with Crippen molar-refractivity contribution in [3.8, 4) is 11.5 Å². The molecule has 2 aromatic heterocycles.